The van der Waals surface area contributed by atoms with Crippen LogP contribution in [0.5, 0.6) is 0 Å². The van der Waals surface area contributed by atoms with Gasteiger partial charge in [0.2, 0.25) is 21.6 Å². The van der Waals surface area contributed by atoms with Crippen LogP contribution in [0.2, 0.25) is 5.02 Å². The largest absolute Gasteiger partial charge is 0.411 e. The van der Waals surface area contributed by atoms with Gasteiger partial charge in [0.15, 0.2) is 0 Å². The number of carbonyl (C=O) groups excluding carboxylic acids is 1. The molecule has 0 unspecified atom stereocenters. The first-order chi connectivity index (χ1) is 9.87. The molecule has 1 aromatic heterocycles. The van der Waals surface area contributed by atoms with Gasteiger partial charge in [-0.05, 0) is 17.7 Å². The van der Waals surface area contributed by atoms with E-state index >= 15 is 0 Å². The van der Waals surface area contributed by atoms with Crippen LogP contribution >= 0.6 is 11.6 Å². The third-order valence-electron chi connectivity index (χ3n) is 2.45. The Bertz CT molecular complexity index is 757. The van der Waals surface area contributed by atoms with E-state index < -0.39 is 15.1 Å². The predicted molar refractivity (Wildman–Crippen MR) is 74.2 cm³/mol. The highest BCUT2D eigenvalue weighted by molar-refractivity contribution is 7.90. The predicted octanol–water partition coefficient (Wildman–Crippen LogP) is 1.33. The quantitative estimate of drug-likeness (QED) is 0.887. The first kappa shape index (κ1) is 15.5. The van der Waals surface area contributed by atoms with Crippen LogP contribution in [-0.4, -0.2) is 24.5 Å². The van der Waals surface area contributed by atoms with E-state index in [4.69, 9.17) is 16.0 Å². The maximum absolute atomic E-state index is 12.1. The maximum atomic E-state index is 12.1. The van der Waals surface area contributed by atoms with E-state index in [-0.39, 0.29) is 24.1 Å². The molecule has 7 nitrogen and oxygen atoms in total. The SMILES string of the molecule is CC(=O)NCc1nnc(S(=O)(=O)Cc2cccc(Cl)c2)o1. The van der Waals surface area contributed by atoms with Gasteiger partial charge >= 0.3 is 5.22 Å². The van der Waals surface area contributed by atoms with Gasteiger partial charge in [-0.2, -0.15) is 0 Å². The zero-order chi connectivity index (χ0) is 15.5. The number of rotatable bonds is 5. The zero-order valence-corrected chi connectivity index (χ0v) is 12.6. The summed E-state index contributed by atoms with van der Waals surface area (Å²) in [5.41, 5.74) is 0.518. The summed E-state index contributed by atoms with van der Waals surface area (Å²) < 4.78 is 29.3. The molecule has 0 atom stereocenters. The molecule has 1 aromatic carbocycles. The van der Waals surface area contributed by atoms with Crippen molar-refractivity contribution in [3.05, 3.63) is 40.7 Å². The Morgan fingerprint density at radius 2 is 2.14 bits per heavy atom. The molecule has 0 bridgehead atoms. The lowest BCUT2D eigenvalue weighted by Gasteiger charge is -2.00. The van der Waals surface area contributed by atoms with Crippen molar-refractivity contribution in [2.24, 2.45) is 0 Å². The van der Waals surface area contributed by atoms with Crippen molar-refractivity contribution >= 4 is 27.3 Å². The van der Waals surface area contributed by atoms with E-state index in [2.05, 4.69) is 15.5 Å². The number of sulfone groups is 1. The van der Waals surface area contributed by atoms with Crippen LogP contribution in [-0.2, 0) is 26.9 Å². The number of benzene rings is 1. The Morgan fingerprint density at radius 1 is 1.38 bits per heavy atom. The summed E-state index contributed by atoms with van der Waals surface area (Å²) in [7, 11) is -3.76. The average Bonchev–Trinajstić information content (AvgIpc) is 2.85. The van der Waals surface area contributed by atoms with Crippen molar-refractivity contribution in [1.82, 2.24) is 15.5 Å². The van der Waals surface area contributed by atoms with Crippen LogP contribution in [0.25, 0.3) is 0 Å². The molecule has 0 aliphatic heterocycles. The lowest BCUT2D eigenvalue weighted by molar-refractivity contribution is -0.119. The van der Waals surface area contributed by atoms with E-state index in [1.807, 2.05) is 0 Å². The Hall–Kier alpha value is -1.93. The molecule has 0 aliphatic rings. The third-order valence-corrected chi connectivity index (χ3v) is 4.09. The molecule has 1 N–H and O–H groups in total. The second-order valence-electron chi connectivity index (χ2n) is 4.26. The molecule has 0 aliphatic carbocycles. The van der Waals surface area contributed by atoms with E-state index in [1.54, 1.807) is 24.3 Å². The minimum Gasteiger partial charge on any atom is -0.411 e. The lowest BCUT2D eigenvalue weighted by atomic mass is 10.2. The first-order valence-electron chi connectivity index (χ1n) is 5.91. The van der Waals surface area contributed by atoms with Gasteiger partial charge in [0, 0.05) is 11.9 Å². The number of amides is 1. The van der Waals surface area contributed by atoms with Gasteiger partial charge in [-0.25, -0.2) is 8.42 Å². The number of hydrogen-bond donors (Lipinski definition) is 1. The van der Waals surface area contributed by atoms with Crippen molar-refractivity contribution < 1.29 is 17.6 Å². The highest BCUT2D eigenvalue weighted by Gasteiger charge is 2.23. The van der Waals surface area contributed by atoms with Crippen molar-refractivity contribution in [1.29, 1.82) is 0 Å². The van der Waals surface area contributed by atoms with E-state index in [0.717, 1.165) is 0 Å². The van der Waals surface area contributed by atoms with E-state index in [9.17, 15) is 13.2 Å². The van der Waals surface area contributed by atoms with Gasteiger partial charge in [-0.1, -0.05) is 28.8 Å². The third kappa shape index (κ3) is 4.27. The van der Waals surface area contributed by atoms with Crippen molar-refractivity contribution in [3.63, 3.8) is 0 Å². The Balaban J connectivity index is 2.14. The summed E-state index contributed by atoms with van der Waals surface area (Å²) in [5, 5.41) is 9.47. The molecule has 112 valence electrons. The number of nitrogens with one attached hydrogen (secondary N) is 1. The van der Waals surface area contributed by atoms with Crippen LogP contribution in [0.15, 0.2) is 33.9 Å². The summed E-state index contributed by atoms with van der Waals surface area (Å²) in [4.78, 5) is 10.8. The summed E-state index contributed by atoms with van der Waals surface area (Å²) in [6, 6.07) is 6.49. The topological polar surface area (TPSA) is 102 Å². The molecular formula is C12H12ClN3O4S. The highest BCUT2D eigenvalue weighted by atomic mass is 35.5. The van der Waals surface area contributed by atoms with Crippen molar-refractivity contribution in [2.75, 3.05) is 0 Å². The average molecular weight is 330 g/mol. The first-order valence-corrected chi connectivity index (χ1v) is 7.94. The molecule has 0 saturated carbocycles. The number of hydrogen-bond acceptors (Lipinski definition) is 6. The Labute approximate surface area is 126 Å². The second-order valence-corrected chi connectivity index (χ2v) is 6.56. The number of halogens is 1. The molecular weight excluding hydrogens is 318 g/mol. The summed E-state index contributed by atoms with van der Waals surface area (Å²) >= 11 is 5.81. The molecule has 0 radical (unpaired) electrons. The molecule has 21 heavy (non-hydrogen) atoms. The molecule has 1 amide bonds. The minimum absolute atomic E-state index is 0.0188. The monoisotopic (exact) mass is 329 g/mol. The van der Waals surface area contributed by atoms with Crippen LogP contribution in [0.4, 0.5) is 0 Å². The molecule has 2 aromatic rings. The van der Waals surface area contributed by atoms with Gasteiger partial charge < -0.3 is 9.73 Å². The van der Waals surface area contributed by atoms with Gasteiger partial charge in [-0.15, -0.1) is 5.10 Å². The normalized spacial score (nSPS) is 11.3. The van der Waals surface area contributed by atoms with Crippen LogP contribution in [0, 0.1) is 0 Å². The van der Waals surface area contributed by atoms with Crippen molar-refractivity contribution in [2.45, 2.75) is 24.4 Å². The standard InChI is InChI=1S/C12H12ClN3O4S/c1-8(17)14-6-11-15-16-12(20-11)21(18,19)7-9-3-2-4-10(13)5-9/h2-5H,6-7H2,1H3,(H,14,17). The van der Waals surface area contributed by atoms with Gasteiger partial charge in [0.1, 0.15) is 0 Å². The number of aromatic nitrogens is 2. The van der Waals surface area contributed by atoms with Crippen LogP contribution < -0.4 is 5.32 Å². The fourth-order valence-corrected chi connectivity index (χ4v) is 2.89. The summed E-state index contributed by atoms with van der Waals surface area (Å²) in [5.74, 6) is -0.554. The van der Waals surface area contributed by atoms with Gasteiger partial charge in [0.25, 0.3) is 0 Å². The highest BCUT2D eigenvalue weighted by Crippen LogP contribution is 2.18. The summed E-state index contributed by atoms with van der Waals surface area (Å²) in [6.07, 6.45) is 0. The molecule has 9 heteroatoms. The molecule has 1 heterocycles. The number of carbonyl (C=O) groups is 1. The van der Waals surface area contributed by atoms with E-state index in [0.29, 0.717) is 10.6 Å². The molecule has 0 fully saturated rings. The lowest BCUT2D eigenvalue weighted by Crippen LogP contribution is -2.19. The Morgan fingerprint density at radius 3 is 2.81 bits per heavy atom. The smallest absolute Gasteiger partial charge is 0.335 e. The maximum Gasteiger partial charge on any atom is 0.335 e. The van der Waals surface area contributed by atoms with Gasteiger partial charge in [-0.3, -0.25) is 4.79 Å². The van der Waals surface area contributed by atoms with Crippen molar-refractivity contribution in [3.8, 4) is 0 Å². The second kappa shape index (κ2) is 6.23. The summed E-state index contributed by atoms with van der Waals surface area (Å²) in [6.45, 7) is 1.31. The molecule has 2 rings (SSSR count). The number of nitrogens with zero attached hydrogens (tertiary/aromatic N) is 2. The fourth-order valence-electron chi connectivity index (χ4n) is 1.54. The minimum atomic E-state index is -3.76. The molecule has 0 saturated heterocycles. The zero-order valence-electron chi connectivity index (χ0n) is 11.0. The van der Waals surface area contributed by atoms with E-state index in [1.165, 1.54) is 6.92 Å². The molecule has 0 spiro atoms. The fraction of sp³-hybridized carbons (Fsp3) is 0.250. The Kier molecular flexibility index (Phi) is 4.59. The van der Waals surface area contributed by atoms with Gasteiger partial charge in [0.05, 0.1) is 12.3 Å². The van der Waals surface area contributed by atoms with Crippen LogP contribution in [0.3, 0.4) is 0 Å². The van der Waals surface area contributed by atoms with Crippen LogP contribution in [0.1, 0.15) is 18.4 Å².